The van der Waals surface area contributed by atoms with E-state index in [0.29, 0.717) is 32.1 Å². The minimum Gasteiger partial charge on any atom is -0.492 e. The molecule has 1 aliphatic rings. The lowest BCUT2D eigenvalue weighted by Crippen LogP contribution is -2.42. The molecule has 1 unspecified atom stereocenters. The maximum Gasteiger partial charge on any atom is 0.225 e. The predicted molar refractivity (Wildman–Crippen MR) is 104 cm³/mol. The molecule has 1 amide bonds. The van der Waals surface area contributed by atoms with Crippen LogP contribution in [0.5, 0.6) is 5.75 Å². The van der Waals surface area contributed by atoms with Crippen LogP contribution in [0.2, 0.25) is 0 Å². The third-order valence-electron chi connectivity index (χ3n) is 4.25. The van der Waals surface area contributed by atoms with Gasteiger partial charge in [0.1, 0.15) is 12.4 Å². The highest BCUT2D eigenvalue weighted by molar-refractivity contribution is 5.94. The molecular formula is C20H24N4O2. The van der Waals surface area contributed by atoms with Gasteiger partial charge in [0.05, 0.1) is 6.54 Å². The van der Waals surface area contributed by atoms with Gasteiger partial charge < -0.3 is 20.7 Å². The van der Waals surface area contributed by atoms with Crippen molar-refractivity contribution in [3.8, 4) is 5.75 Å². The lowest BCUT2D eigenvalue weighted by atomic mass is 9.90. The lowest BCUT2D eigenvalue weighted by molar-refractivity contribution is -0.116. The van der Waals surface area contributed by atoms with Crippen molar-refractivity contribution in [2.24, 2.45) is 4.99 Å². The van der Waals surface area contributed by atoms with E-state index in [1.165, 1.54) is 0 Å². The number of carbonyl (C=O) groups excluding carboxylic acids is 1. The van der Waals surface area contributed by atoms with Gasteiger partial charge in [-0.15, -0.1) is 0 Å². The fourth-order valence-corrected chi connectivity index (χ4v) is 2.98. The van der Waals surface area contributed by atoms with Crippen LogP contribution in [0, 0.1) is 0 Å². The number of amides is 1. The van der Waals surface area contributed by atoms with Gasteiger partial charge >= 0.3 is 0 Å². The highest BCUT2D eigenvalue weighted by Crippen LogP contribution is 2.31. The van der Waals surface area contributed by atoms with E-state index in [1.807, 2.05) is 48.5 Å². The molecule has 0 radical (unpaired) electrons. The van der Waals surface area contributed by atoms with Crippen molar-refractivity contribution in [3.63, 3.8) is 0 Å². The van der Waals surface area contributed by atoms with E-state index in [0.717, 1.165) is 17.0 Å². The molecule has 26 heavy (non-hydrogen) atoms. The molecule has 0 aliphatic carbocycles. The normalized spacial score (nSPS) is 16.4. The molecule has 0 fully saturated rings. The summed E-state index contributed by atoms with van der Waals surface area (Å²) in [6, 6.07) is 17.6. The van der Waals surface area contributed by atoms with E-state index in [-0.39, 0.29) is 11.8 Å². The van der Waals surface area contributed by atoms with E-state index < -0.39 is 0 Å². The summed E-state index contributed by atoms with van der Waals surface area (Å²) in [6.45, 7) is 1.82. The SMILES string of the molecule is CN=C(NCCOc1ccccc1)NCC1CC(=O)Nc2ccccc21. The molecule has 3 rings (SSSR count). The molecule has 0 aromatic heterocycles. The van der Waals surface area contributed by atoms with Crippen molar-refractivity contribution < 1.29 is 9.53 Å². The van der Waals surface area contributed by atoms with Gasteiger partial charge in [0.15, 0.2) is 5.96 Å². The van der Waals surface area contributed by atoms with Crippen molar-refractivity contribution >= 4 is 17.6 Å². The van der Waals surface area contributed by atoms with Crippen LogP contribution in [-0.4, -0.2) is 38.6 Å². The number of rotatable bonds is 6. The second-order valence-corrected chi connectivity index (χ2v) is 6.08. The number of hydrogen-bond donors (Lipinski definition) is 3. The molecule has 0 saturated carbocycles. The van der Waals surface area contributed by atoms with Crippen LogP contribution in [0.1, 0.15) is 17.9 Å². The number of ether oxygens (including phenoxy) is 1. The number of carbonyl (C=O) groups is 1. The van der Waals surface area contributed by atoms with E-state index >= 15 is 0 Å². The second-order valence-electron chi connectivity index (χ2n) is 6.08. The summed E-state index contributed by atoms with van der Waals surface area (Å²) in [7, 11) is 1.73. The maximum absolute atomic E-state index is 11.9. The first kappa shape index (κ1) is 17.8. The fourth-order valence-electron chi connectivity index (χ4n) is 2.98. The zero-order valence-corrected chi connectivity index (χ0v) is 14.9. The first-order valence-electron chi connectivity index (χ1n) is 8.77. The van der Waals surface area contributed by atoms with Gasteiger partial charge in [-0.2, -0.15) is 0 Å². The largest absolute Gasteiger partial charge is 0.492 e. The number of nitrogens with one attached hydrogen (secondary N) is 3. The first-order valence-corrected chi connectivity index (χ1v) is 8.77. The Balaban J connectivity index is 1.46. The van der Waals surface area contributed by atoms with Gasteiger partial charge in [-0.05, 0) is 23.8 Å². The minimum atomic E-state index is 0.0507. The molecule has 1 heterocycles. The summed E-state index contributed by atoms with van der Waals surface area (Å²) >= 11 is 0. The molecule has 0 spiro atoms. The molecule has 1 atom stereocenters. The molecule has 1 aliphatic heterocycles. The Kier molecular flexibility index (Phi) is 6.09. The molecule has 136 valence electrons. The number of benzene rings is 2. The Morgan fingerprint density at radius 3 is 2.73 bits per heavy atom. The van der Waals surface area contributed by atoms with Gasteiger partial charge in [0, 0.05) is 31.6 Å². The maximum atomic E-state index is 11.9. The fraction of sp³-hybridized carbons (Fsp3) is 0.300. The summed E-state index contributed by atoms with van der Waals surface area (Å²) < 4.78 is 5.66. The van der Waals surface area contributed by atoms with Crippen LogP contribution in [0.3, 0.4) is 0 Å². The average Bonchev–Trinajstić information content (AvgIpc) is 2.68. The summed E-state index contributed by atoms with van der Waals surface area (Å²) in [5, 5.41) is 9.45. The van der Waals surface area contributed by atoms with Crippen LogP contribution < -0.4 is 20.7 Å². The Morgan fingerprint density at radius 2 is 1.92 bits per heavy atom. The van der Waals surface area contributed by atoms with Crippen molar-refractivity contribution in [2.75, 3.05) is 32.1 Å². The molecule has 6 nitrogen and oxygen atoms in total. The highest BCUT2D eigenvalue weighted by atomic mass is 16.5. The third kappa shape index (κ3) is 4.75. The van der Waals surface area contributed by atoms with Gasteiger partial charge in [-0.25, -0.2) is 0 Å². The highest BCUT2D eigenvalue weighted by Gasteiger charge is 2.24. The number of fused-ring (bicyclic) bond motifs is 1. The number of para-hydroxylation sites is 2. The van der Waals surface area contributed by atoms with Crippen LogP contribution in [0.4, 0.5) is 5.69 Å². The van der Waals surface area contributed by atoms with Crippen molar-refractivity contribution in [1.82, 2.24) is 10.6 Å². The summed E-state index contributed by atoms with van der Waals surface area (Å²) in [5.74, 6) is 1.72. The second kappa shape index (κ2) is 8.89. The summed E-state index contributed by atoms with van der Waals surface area (Å²) in [4.78, 5) is 16.1. The smallest absolute Gasteiger partial charge is 0.225 e. The van der Waals surface area contributed by atoms with Crippen molar-refractivity contribution in [2.45, 2.75) is 12.3 Å². The number of aliphatic imine (C=N–C) groups is 1. The average molecular weight is 352 g/mol. The topological polar surface area (TPSA) is 74.8 Å². The summed E-state index contributed by atoms with van der Waals surface area (Å²) in [5.41, 5.74) is 2.05. The molecule has 2 aromatic carbocycles. The summed E-state index contributed by atoms with van der Waals surface area (Å²) in [6.07, 6.45) is 0.470. The molecule has 0 saturated heterocycles. The van der Waals surface area contributed by atoms with E-state index in [1.54, 1.807) is 7.05 Å². The van der Waals surface area contributed by atoms with Gasteiger partial charge in [0.2, 0.25) is 5.91 Å². The van der Waals surface area contributed by atoms with E-state index in [4.69, 9.17) is 4.74 Å². The van der Waals surface area contributed by atoms with Gasteiger partial charge in [-0.1, -0.05) is 36.4 Å². The van der Waals surface area contributed by atoms with Crippen molar-refractivity contribution in [1.29, 1.82) is 0 Å². The number of anilines is 1. The van der Waals surface area contributed by atoms with Crippen LogP contribution in [0.25, 0.3) is 0 Å². The van der Waals surface area contributed by atoms with Crippen LogP contribution in [-0.2, 0) is 4.79 Å². The Morgan fingerprint density at radius 1 is 1.15 bits per heavy atom. The predicted octanol–water partition coefficient (Wildman–Crippen LogP) is 2.36. The number of guanidine groups is 1. The standard InChI is InChI=1S/C20H24N4O2/c1-21-20(22-11-12-26-16-7-3-2-4-8-16)23-14-15-13-19(25)24-18-10-6-5-9-17(15)18/h2-10,15H,11-14H2,1H3,(H,24,25)(H2,21,22,23). The van der Waals surface area contributed by atoms with Gasteiger partial charge in [-0.3, -0.25) is 9.79 Å². The van der Waals surface area contributed by atoms with Crippen LogP contribution >= 0.6 is 0 Å². The van der Waals surface area contributed by atoms with E-state index in [9.17, 15) is 4.79 Å². The quantitative estimate of drug-likeness (QED) is 0.424. The molecule has 2 aromatic rings. The molecule has 0 bridgehead atoms. The number of hydrogen-bond acceptors (Lipinski definition) is 3. The Bertz CT molecular complexity index is 761. The molecule has 3 N–H and O–H groups in total. The number of nitrogens with zero attached hydrogens (tertiary/aromatic N) is 1. The monoisotopic (exact) mass is 352 g/mol. The zero-order chi connectivity index (χ0) is 18.2. The molecular weight excluding hydrogens is 328 g/mol. The lowest BCUT2D eigenvalue weighted by Gasteiger charge is -2.26. The molecule has 6 heteroatoms. The zero-order valence-electron chi connectivity index (χ0n) is 14.9. The van der Waals surface area contributed by atoms with Crippen LogP contribution in [0.15, 0.2) is 59.6 Å². The van der Waals surface area contributed by atoms with Crippen molar-refractivity contribution in [3.05, 3.63) is 60.2 Å². The third-order valence-corrected chi connectivity index (χ3v) is 4.25. The van der Waals surface area contributed by atoms with E-state index in [2.05, 4.69) is 27.0 Å². The Hall–Kier alpha value is -3.02. The Labute approximate surface area is 153 Å². The van der Waals surface area contributed by atoms with Gasteiger partial charge in [0.25, 0.3) is 0 Å². The first-order chi connectivity index (χ1) is 12.8. The minimum absolute atomic E-state index is 0.0507.